The standard InChI is InChI=1S/C23H27N3O2S2/c1-4-6-7-16-8-13-19-20(14-16)30-23(24-19)26-22(29)25-21(27)17-9-11-18(12-10-17)28-15(3)5-2/h8-15H,4-7H2,1-3H3,(H2,24,25,26,27,29)/t15-/m0/s1. The van der Waals surface area contributed by atoms with Crippen molar-refractivity contribution in [3.05, 3.63) is 53.6 Å². The van der Waals surface area contributed by atoms with Gasteiger partial charge >= 0.3 is 0 Å². The highest BCUT2D eigenvalue weighted by Gasteiger charge is 2.11. The molecule has 0 spiro atoms. The van der Waals surface area contributed by atoms with Crippen LogP contribution >= 0.6 is 23.6 Å². The number of ether oxygens (including phenoxy) is 1. The van der Waals surface area contributed by atoms with Gasteiger partial charge in [0.2, 0.25) is 0 Å². The number of benzene rings is 2. The molecule has 3 aromatic rings. The molecule has 0 fully saturated rings. The number of rotatable bonds is 8. The highest BCUT2D eigenvalue weighted by atomic mass is 32.1. The fraction of sp³-hybridized carbons (Fsp3) is 0.348. The van der Waals surface area contributed by atoms with E-state index in [1.807, 2.05) is 13.0 Å². The second kappa shape index (κ2) is 10.5. The molecule has 2 N–H and O–H groups in total. The molecule has 30 heavy (non-hydrogen) atoms. The van der Waals surface area contributed by atoms with Crippen molar-refractivity contribution in [1.29, 1.82) is 0 Å². The normalized spacial score (nSPS) is 11.8. The fourth-order valence-corrected chi connectivity index (χ4v) is 4.05. The summed E-state index contributed by atoms with van der Waals surface area (Å²) in [7, 11) is 0. The Labute approximate surface area is 186 Å². The van der Waals surface area contributed by atoms with Crippen LogP contribution in [0, 0.1) is 0 Å². The molecule has 1 heterocycles. The molecule has 1 atom stereocenters. The number of nitrogens with one attached hydrogen (secondary N) is 2. The van der Waals surface area contributed by atoms with Crippen LogP contribution in [0.4, 0.5) is 5.13 Å². The van der Waals surface area contributed by atoms with Crippen molar-refractivity contribution in [2.75, 3.05) is 5.32 Å². The van der Waals surface area contributed by atoms with Crippen LogP contribution in [0.2, 0.25) is 0 Å². The summed E-state index contributed by atoms with van der Waals surface area (Å²) >= 11 is 6.83. The third-order valence-electron chi connectivity index (χ3n) is 4.75. The summed E-state index contributed by atoms with van der Waals surface area (Å²) in [5.74, 6) is 0.472. The molecule has 0 aliphatic carbocycles. The lowest BCUT2D eigenvalue weighted by Gasteiger charge is -2.13. The molecule has 0 unspecified atom stereocenters. The minimum Gasteiger partial charge on any atom is -0.491 e. The monoisotopic (exact) mass is 441 g/mol. The summed E-state index contributed by atoms with van der Waals surface area (Å²) in [6, 6.07) is 13.4. The highest BCUT2D eigenvalue weighted by Crippen LogP contribution is 2.27. The zero-order valence-corrected chi connectivity index (χ0v) is 19.2. The van der Waals surface area contributed by atoms with Crippen LogP contribution in [-0.2, 0) is 6.42 Å². The van der Waals surface area contributed by atoms with Crippen molar-refractivity contribution < 1.29 is 9.53 Å². The Morgan fingerprint density at radius 3 is 2.67 bits per heavy atom. The number of thiocarbonyl (C=S) groups is 1. The third kappa shape index (κ3) is 6.00. The Hall–Kier alpha value is -2.51. The summed E-state index contributed by atoms with van der Waals surface area (Å²) in [6.45, 7) is 6.27. The maximum Gasteiger partial charge on any atom is 0.257 e. The van der Waals surface area contributed by atoms with Crippen molar-refractivity contribution in [1.82, 2.24) is 10.3 Å². The number of fused-ring (bicyclic) bond motifs is 1. The van der Waals surface area contributed by atoms with Crippen LogP contribution in [0.1, 0.15) is 56.0 Å². The van der Waals surface area contributed by atoms with E-state index in [9.17, 15) is 4.79 Å². The first kappa shape index (κ1) is 22.2. The first-order valence-electron chi connectivity index (χ1n) is 10.3. The van der Waals surface area contributed by atoms with Gasteiger partial charge in [-0.3, -0.25) is 10.1 Å². The Balaban J connectivity index is 1.58. The van der Waals surface area contributed by atoms with Crippen LogP contribution < -0.4 is 15.4 Å². The molecular weight excluding hydrogens is 414 g/mol. The second-order valence-corrected chi connectivity index (χ2v) is 8.63. The average Bonchev–Trinajstić information content (AvgIpc) is 3.13. The molecule has 0 radical (unpaired) electrons. The van der Waals surface area contributed by atoms with E-state index >= 15 is 0 Å². The van der Waals surface area contributed by atoms with Gasteiger partial charge in [0.1, 0.15) is 5.75 Å². The van der Waals surface area contributed by atoms with Crippen LogP contribution in [0.3, 0.4) is 0 Å². The predicted molar refractivity (Wildman–Crippen MR) is 129 cm³/mol. The summed E-state index contributed by atoms with van der Waals surface area (Å²) in [5.41, 5.74) is 2.76. The number of hydrogen-bond donors (Lipinski definition) is 2. The van der Waals surface area contributed by atoms with E-state index in [4.69, 9.17) is 17.0 Å². The van der Waals surface area contributed by atoms with Crippen LogP contribution in [0.5, 0.6) is 5.75 Å². The number of aromatic nitrogens is 1. The largest absolute Gasteiger partial charge is 0.491 e. The van der Waals surface area contributed by atoms with E-state index in [2.05, 4.69) is 41.6 Å². The van der Waals surface area contributed by atoms with Crippen molar-refractivity contribution in [3.63, 3.8) is 0 Å². The van der Waals surface area contributed by atoms with E-state index in [0.29, 0.717) is 10.7 Å². The van der Waals surface area contributed by atoms with Gasteiger partial charge < -0.3 is 10.1 Å². The van der Waals surface area contributed by atoms with Gasteiger partial charge in [0.15, 0.2) is 10.2 Å². The SMILES string of the molecule is CCCCc1ccc2nc(NC(=S)NC(=O)c3ccc(O[C@@H](C)CC)cc3)sc2c1. The summed E-state index contributed by atoms with van der Waals surface area (Å²) in [6.07, 6.45) is 4.49. The number of nitrogens with zero attached hydrogens (tertiary/aromatic N) is 1. The quantitative estimate of drug-likeness (QED) is 0.423. The number of amides is 1. The Morgan fingerprint density at radius 2 is 1.97 bits per heavy atom. The minimum absolute atomic E-state index is 0.137. The number of thiazole rings is 1. The minimum atomic E-state index is -0.273. The zero-order valence-electron chi connectivity index (χ0n) is 17.5. The molecule has 2 aromatic carbocycles. The molecule has 0 saturated carbocycles. The number of aryl methyl sites for hydroxylation is 1. The van der Waals surface area contributed by atoms with Crippen molar-refractivity contribution in [2.45, 2.75) is 52.6 Å². The lowest BCUT2D eigenvalue weighted by atomic mass is 10.1. The fourth-order valence-electron chi connectivity index (χ4n) is 2.86. The Bertz CT molecular complexity index is 1010. The number of anilines is 1. The van der Waals surface area contributed by atoms with Gasteiger partial charge in [-0.1, -0.05) is 37.7 Å². The smallest absolute Gasteiger partial charge is 0.257 e. The molecule has 0 aliphatic heterocycles. The molecule has 0 saturated heterocycles. The first-order chi connectivity index (χ1) is 14.5. The summed E-state index contributed by atoms with van der Waals surface area (Å²) < 4.78 is 6.85. The summed E-state index contributed by atoms with van der Waals surface area (Å²) in [5, 5.41) is 6.62. The van der Waals surface area contributed by atoms with Gasteiger partial charge in [-0.05, 0) is 80.4 Å². The molecular formula is C23H27N3O2S2. The molecule has 1 aromatic heterocycles. The van der Waals surface area contributed by atoms with Crippen LogP contribution in [0.15, 0.2) is 42.5 Å². The van der Waals surface area contributed by atoms with E-state index in [1.54, 1.807) is 24.3 Å². The van der Waals surface area contributed by atoms with E-state index in [-0.39, 0.29) is 17.1 Å². The lowest BCUT2D eigenvalue weighted by molar-refractivity contribution is 0.0977. The van der Waals surface area contributed by atoms with Gasteiger partial charge in [-0.25, -0.2) is 4.98 Å². The average molecular weight is 442 g/mol. The molecule has 3 rings (SSSR count). The van der Waals surface area contributed by atoms with E-state index < -0.39 is 0 Å². The number of hydrogen-bond acceptors (Lipinski definition) is 5. The van der Waals surface area contributed by atoms with Gasteiger partial charge in [-0.15, -0.1) is 0 Å². The van der Waals surface area contributed by atoms with Crippen LogP contribution in [-0.4, -0.2) is 22.1 Å². The number of carbonyl (C=O) groups excluding carboxylic acids is 1. The van der Waals surface area contributed by atoms with Crippen molar-refractivity contribution >= 4 is 49.9 Å². The molecule has 158 valence electrons. The van der Waals surface area contributed by atoms with Crippen molar-refractivity contribution in [2.24, 2.45) is 0 Å². The molecule has 0 aliphatic rings. The van der Waals surface area contributed by atoms with Gasteiger partial charge in [0, 0.05) is 5.56 Å². The molecule has 7 heteroatoms. The Kier molecular flexibility index (Phi) is 7.76. The highest BCUT2D eigenvalue weighted by molar-refractivity contribution is 7.80. The predicted octanol–water partition coefficient (Wildman–Crippen LogP) is 5.94. The maximum atomic E-state index is 12.5. The Morgan fingerprint density at radius 1 is 1.20 bits per heavy atom. The molecule has 5 nitrogen and oxygen atoms in total. The van der Waals surface area contributed by atoms with Gasteiger partial charge in [0.25, 0.3) is 5.91 Å². The number of unbranched alkanes of at least 4 members (excludes halogenated alkanes) is 1. The van der Waals surface area contributed by atoms with Crippen LogP contribution in [0.25, 0.3) is 10.2 Å². The van der Waals surface area contributed by atoms with E-state index in [0.717, 1.165) is 28.8 Å². The lowest BCUT2D eigenvalue weighted by Crippen LogP contribution is -2.34. The molecule has 0 bridgehead atoms. The maximum absolute atomic E-state index is 12.5. The molecule has 1 amide bonds. The van der Waals surface area contributed by atoms with Gasteiger partial charge in [-0.2, -0.15) is 0 Å². The third-order valence-corrected chi connectivity index (χ3v) is 5.89. The first-order valence-corrected chi connectivity index (χ1v) is 11.5. The van der Waals surface area contributed by atoms with Gasteiger partial charge in [0.05, 0.1) is 16.3 Å². The topological polar surface area (TPSA) is 63.2 Å². The number of carbonyl (C=O) groups is 1. The second-order valence-electron chi connectivity index (χ2n) is 7.19. The van der Waals surface area contributed by atoms with Crippen molar-refractivity contribution in [3.8, 4) is 5.75 Å². The zero-order chi connectivity index (χ0) is 21.5. The van der Waals surface area contributed by atoms with E-state index in [1.165, 1.54) is 29.7 Å². The summed E-state index contributed by atoms with van der Waals surface area (Å²) in [4.78, 5) is 17.0.